The molecule has 0 aliphatic heterocycles. The third-order valence-electron chi connectivity index (χ3n) is 6.21. The lowest BCUT2D eigenvalue weighted by atomic mass is 9.86. The summed E-state index contributed by atoms with van der Waals surface area (Å²) < 4.78 is 30.5. The van der Waals surface area contributed by atoms with E-state index in [-0.39, 0.29) is 43.2 Å². The molecule has 0 spiro atoms. The van der Waals surface area contributed by atoms with Crippen LogP contribution < -0.4 is 16.4 Å². The Morgan fingerprint density at radius 3 is 2.31 bits per heavy atom. The minimum atomic E-state index is -1.00. The SMILES string of the molecule is CC(C)(C)[C@@H](NCC[C@H](N)C(=O)NCCC(=O)O)c1nc(-c2cc(F)ccc2F)cn1Cc1ccccc1.OCCO. The van der Waals surface area contributed by atoms with Gasteiger partial charge in [-0.05, 0) is 42.1 Å². The molecule has 0 aliphatic carbocycles. The van der Waals surface area contributed by atoms with E-state index >= 15 is 0 Å². The van der Waals surface area contributed by atoms with Gasteiger partial charge in [-0.1, -0.05) is 51.1 Å². The molecule has 3 rings (SSSR count). The zero-order chi connectivity index (χ0) is 31.3. The summed E-state index contributed by atoms with van der Waals surface area (Å²) in [6.45, 7) is 6.71. The first kappa shape index (κ1) is 34.5. The van der Waals surface area contributed by atoms with Gasteiger partial charge in [0.2, 0.25) is 5.91 Å². The number of carbonyl (C=O) groups is 2. The van der Waals surface area contributed by atoms with Crippen LogP contribution in [0.25, 0.3) is 11.3 Å². The zero-order valence-corrected chi connectivity index (χ0v) is 24.2. The van der Waals surface area contributed by atoms with E-state index < -0.39 is 29.6 Å². The number of nitrogens with zero attached hydrogens (tertiary/aromatic N) is 2. The van der Waals surface area contributed by atoms with Gasteiger partial charge in [0.1, 0.15) is 17.5 Å². The molecule has 0 radical (unpaired) electrons. The molecule has 12 heteroatoms. The molecule has 0 aliphatic rings. The van der Waals surface area contributed by atoms with Crippen LogP contribution in [0.1, 0.15) is 51.0 Å². The van der Waals surface area contributed by atoms with Gasteiger partial charge in [-0.2, -0.15) is 0 Å². The molecule has 0 unspecified atom stereocenters. The van der Waals surface area contributed by atoms with Crippen molar-refractivity contribution in [3.8, 4) is 11.3 Å². The first-order valence-electron chi connectivity index (χ1n) is 13.6. The van der Waals surface area contributed by atoms with E-state index in [0.29, 0.717) is 31.0 Å². The van der Waals surface area contributed by atoms with Gasteiger partial charge in [0, 0.05) is 24.8 Å². The van der Waals surface area contributed by atoms with Crippen LogP contribution in [-0.2, 0) is 16.1 Å². The van der Waals surface area contributed by atoms with E-state index in [1.54, 1.807) is 6.20 Å². The van der Waals surface area contributed by atoms with Crippen LogP contribution in [0.5, 0.6) is 0 Å². The average molecular weight is 590 g/mol. The predicted molar refractivity (Wildman–Crippen MR) is 155 cm³/mol. The summed E-state index contributed by atoms with van der Waals surface area (Å²) in [6, 6.07) is 11.9. The lowest BCUT2D eigenvalue weighted by molar-refractivity contribution is -0.137. The standard InChI is InChI=1S/C28H35F2N5O3.C2H6O2/c1-28(2,3)25(32-13-11-22(31)27(38)33-14-12-24(36)37)26-34-23(20-15-19(29)9-10-21(20)30)17-35(26)16-18-7-5-4-6-8-18;3-1-2-4/h4-10,15,17,22,25,32H,11-14,16,31H2,1-3H3,(H,33,38)(H,36,37);3-4H,1-2H2/t22-,25-;/m0./s1. The average Bonchev–Trinajstić information content (AvgIpc) is 3.34. The van der Waals surface area contributed by atoms with E-state index in [1.165, 1.54) is 0 Å². The Labute approximate surface area is 244 Å². The first-order valence-corrected chi connectivity index (χ1v) is 13.6. The number of aromatic nitrogens is 2. The van der Waals surface area contributed by atoms with Crippen LogP contribution in [0.4, 0.5) is 8.78 Å². The number of aliphatic hydroxyl groups excluding tert-OH is 2. The Bertz CT molecular complexity index is 1280. The number of hydrogen-bond donors (Lipinski definition) is 6. The fourth-order valence-electron chi connectivity index (χ4n) is 4.11. The number of halogens is 2. The van der Waals surface area contributed by atoms with Crippen molar-refractivity contribution in [2.24, 2.45) is 11.1 Å². The highest BCUT2D eigenvalue weighted by molar-refractivity contribution is 5.81. The molecule has 0 saturated heterocycles. The number of carboxylic acids is 1. The lowest BCUT2D eigenvalue weighted by Crippen LogP contribution is -2.44. The van der Waals surface area contributed by atoms with E-state index in [0.717, 1.165) is 23.8 Å². The van der Waals surface area contributed by atoms with Gasteiger partial charge >= 0.3 is 5.97 Å². The molecular weight excluding hydrogens is 548 g/mol. The lowest BCUT2D eigenvalue weighted by Gasteiger charge is -2.32. The summed E-state index contributed by atoms with van der Waals surface area (Å²) in [7, 11) is 0. The number of nitrogens with two attached hydrogens (primary N) is 1. The van der Waals surface area contributed by atoms with Crippen molar-refractivity contribution in [1.29, 1.82) is 0 Å². The second-order valence-electron chi connectivity index (χ2n) is 10.8. The van der Waals surface area contributed by atoms with Gasteiger partial charge in [-0.15, -0.1) is 0 Å². The molecule has 0 bridgehead atoms. The summed E-state index contributed by atoms with van der Waals surface area (Å²) in [5.74, 6) is -1.91. The summed E-state index contributed by atoms with van der Waals surface area (Å²) in [6.07, 6.45) is 1.85. The van der Waals surface area contributed by atoms with Crippen LogP contribution in [0.2, 0.25) is 0 Å². The fraction of sp³-hybridized carbons (Fsp3) is 0.433. The molecule has 1 amide bonds. The highest BCUT2D eigenvalue weighted by Crippen LogP contribution is 2.35. The molecule has 7 N–H and O–H groups in total. The molecular formula is C30H41F2N5O5. The molecule has 0 saturated carbocycles. The molecule has 230 valence electrons. The number of nitrogens with one attached hydrogen (secondary N) is 2. The number of hydrogen-bond acceptors (Lipinski definition) is 7. The number of benzene rings is 2. The van der Waals surface area contributed by atoms with Crippen molar-refractivity contribution in [2.45, 2.75) is 52.2 Å². The van der Waals surface area contributed by atoms with Crippen molar-refractivity contribution >= 4 is 11.9 Å². The zero-order valence-electron chi connectivity index (χ0n) is 24.2. The second-order valence-corrected chi connectivity index (χ2v) is 10.8. The van der Waals surface area contributed by atoms with Crippen molar-refractivity contribution in [2.75, 3.05) is 26.3 Å². The summed E-state index contributed by atoms with van der Waals surface area (Å²) in [5.41, 5.74) is 7.08. The van der Waals surface area contributed by atoms with Gasteiger partial charge in [0.15, 0.2) is 0 Å². The highest BCUT2D eigenvalue weighted by Gasteiger charge is 2.31. The summed E-state index contributed by atoms with van der Waals surface area (Å²) in [4.78, 5) is 27.6. The Morgan fingerprint density at radius 1 is 1.05 bits per heavy atom. The minimum absolute atomic E-state index is 0.0102. The number of rotatable bonds is 13. The topological polar surface area (TPSA) is 163 Å². The normalized spacial score (nSPS) is 12.7. The number of imidazole rings is 1. The van der Waals surface area contributed by atoms with Crippen LogP contribution in [0.15, 0.2) is 54.7 Å². The fourth-order valence-corrected chi connectivity index (χ4v) is 4.11. The van der Waals surface area contributed by atoms with Crippen LogP contribution >= 0.6 is 0 Å². The van der Waals surface area contributed by atoms with Crippen molar-refractivity contribution in [1.82, 2.24) is 20.2 Å². The number of carboxylic acid groups (broad SMARTS) is 1. The van der Waals surface area contributed by atoms with Crippen LogP contribution in [-0.4, -0.2) is 69.1 Å². The van der Waals surface area contributed by atoms with Gasteiger partial charge < -0.3 is 36.3 Å². The number of aliphatic carboxylic acids is 1. The third kappa shape index (κ3) is 10.9. The predicted octanol–water partition coefficient (Wildman–Crippen LogP) is 2.83. The summed E-state index contributed by atoms with van der Waals surface area (Å²) >= 11 is 0. The maximum absolute atomic E-state index is 14.6. The molecule has 2 atom stereocenters. The number of amides is 1. The Morgan fingerprint density at radius 2 is 1.71 bits per heavy atom. The Hall–Kier alpha value is -3.71. The highest BCUT2D eigenvalue weighted by atomic mass is 19.1. The van der Waals surface area contributed by atoms with E-state index in [9.17, 15) is 18.4 Å². The monoisotopic (exact) mass is 589 g/mol. The number of aliphatic hydroxyl groups is 2. The molecule has 0 fully saturated rings. The molecule has 42 heavy (non-hydrogen) atoms. The van der Waals surface area contributed by atoms with Gasteiger partial charge in [0.25, 0.3) is 0 Å². The Kier molecular flexibility index (Phi) is 13.7. The van der Waals surface area contributed by atoms with E-state index in [2.05, 4.69) is 10.6 Å². The first-order chi connectivity index (χ1) is 19.9. The van der Waals surface area contributed by atoms with Crippen LogP contribution in [0, 0.1) is 17.0 Å². The third-order valence-corrected chi connectivity index (χ3v) is 6.21. The van der Waals surface area contributed by atoms with Crippen LogP contribution in [0.3, 0.4) is 0 Å². The number of carbonyl (C=O) groups excluding carboxylic acids is 1. The van der Waals surface area contributed by atoms with Crippen molar-refractivity contribution in [3.63, 3.8) is 0 Å². The maximum atomic E-state index is 14.6. The molecule has 2 aromatic carbocycles. The smallest absolute Gasteiger partial charge is 0.305 e. The maximum Gasteiger partial charge on any atom is 0.305 e. The molecule has 3 aromatic rings. The van der Waals surface area contributed by atoms with E-state index in [1.807, 2.05) is 55.7 Å². The molecule has 10 nitrogen and oxygen atoms in total. The Balaban J connectivity index is 0.00000144. The van der Waals surface area contributed by atoms with Crippen molar-refractivity contribution < 1.29 is 33.7 Å². The van der Waals surface area contributed by atoms with Crippen molar-refractivity contribution in [3.05, 3.63) is 77.8 Å². The van der Waals surface area contributed by atoms with E-state index in [4.69, 9.17) is 26.0 Å². The summed E-state index contributed by atoms with van der Waals surface area (Å²) in [5, 5.41) is 30.0. The van der Waals surface area contributed by atoms with Gasteiger partial charge in [-0.25, -0.2) is 13.8 Å². The molecule has 1 aromatic heterocycles. The van der Waals surface area contributed by atoms with Gasteiger partial charge in [-0.3, -0.25) is 9.59 Å². The molecule has 1 heterocycles. The largest absolute Gasteiger partial charge is 0.481 e. The quantitative estimate of drug-likeness (QED) is 0.177. The minimum Gasteiger partial charge on any atom is -0.481 e. The second kappa shape index (κ2) is 16.7. The van der Waals surface area contributed by atoms with Gasteiger partial charge in [0.05, 0.1) is 37.4 Å².